The summed E-state index contributed by atoms with van der Waals surface area (Å²) in [4.78, 5) is 16.6. The first-order chi connectivity index (χ1) is 26.2. The van der Waals surface area contributed by atoms with Crippen molar-refractivity contribution in [2.24, 2.45) is 23.7 Å². The summed E-state index contributed by atoms with van der Waals surface area (Å²) < 4.78 is 45.6. The highest BCUT2D eigenvalue weighted by Crippen LogP contribution is 2.48. The Labute approximate surface area is 334 Å². The van der Waals surface area contributed by atoms with Crippen molar-refractivity contribution in [3.63, 3.8) is 0 Å². The van der Waals surface area contributed by atoms with E-state index >= 15 is 0 Å². The van der Waals surface area contributed by atoms with E-state index in [9.17, 15) is 25.2 Å². The van der Waals surface area contributed by atoms with Crippen molar-refractivity contribution < 1.29 is 58.4 Å². The minimum Gasteiger partial charge on any atom is -0.459 e. The molecule has 19 atom stereocenters. The molecule has 56 heavy (non-hydrogen) atoms. The van der Waals surface area contributed by atoms with E-state index in [1.807, 2.05) is 52.9 Å². The number of cyclic esters (lactones) is 1. The molecule has 4 aliphatic heterocycles. The van der Waals surface area contributed by atoms with Crippen LogP contribution in [0.2, 0.25) is 0 Å². The van der Waals surface area contributed by atoms with Gasteiger partial charge >= 0.3 is 5.97 Å². The molecule has 4 aliphatic rings. The molecule has 13 heteroatoms. The number of carbonyl (C=O) groups excluding carboxylic acids is 1. The molecule has 2 bridgehead atoms. The Kier molecular flexibility index (Phi) is 14.4. The normalized spacial score (nSPS) is 45.4. The van der Waals surface area contributed by atoms with Gasteiger partial charge in [0.05, 0.1) is 53.7 Å². The lowest BCUT2D eigenvalue weighted by Gasteiger charge is -2.48. The summed E-state index contributed by atoms with van der Waals surface area (Å²) in [5, 5.41) is 46.0. The molecular weight excluding hydrogens is 722 g/mol. The molecule has 0 radical (unpaired) electrons. The maximum absolute atomic E-state index is 14.4. The first kappa shape index (κ1) is 45.3. The van der Waals surface area contributed by atoms with Crippen molar-refractivity contribution in [1.29, 1.82) is 0 Å². The molecule has 4 saturated heterocycles. The second-order valence-corrected chi connectivity index (χ2v) is 18.2. The van der Waals surface area contributed by atoms with Gasteiger partial charge in [0.25, 0.3) is 0 Å². The van der Waals surface area contributed by atoms with Crippen LogP contribution in [0.4, 0.5) is 0 Å². The highest BCUT2D eigenvalue weighted by atomic mass is 16.7. The SMILES string of the molecule is CC[C@@H](O)[C@@](C)(O)[C@@H]1OC(=O)[C@H](C)[C@@H](O[C@@H]2C[C@](C)(OC)[C@H](O)[C@@H](C)O2)[C@H](C)[C@@H](O[C@H]2O[C@@H](C)C[C@@H](N(C)Cc3ccccc3)[C@@H]2O)[C@@]2(C)C[C@@H](C)[C@H](O2)[C@@H]1C. The van der Waals surface area contributed by atoms with E-state index in [-0.39, 0.29) is 30.9 Å². The number of fused-ring (bicyclic) bond motifs is 2. The number of carbonyl (C=O) groups is 1. The maximum Gasteiger partial charge on any atom is 0.311 e. The third-order valence-corrected chi connectivity index (χ3v) is 13.6. The molecule has 0 unspecified atom stereocenters. The number of aliphatic hydroxyl groups excluding tert-OH is 3. The predicted octanol–water partition coefficient (Wildman–Crippen LogP) is 4.19. The number of benzene rings is 1. The van der Waals surface area contributed by atoms with E-state index in [0.29, 0.717) is 19.4 Å². The lowest BCUT2D eigenvalue weighted by Crippen LogP contribution is -2.60. The molecule has 0 aliphatic carbocycles. The van der Waals surface area contributed by atoms with E-state index < -0.39 is 102 Å². The van der Waals surface area contributed by atoms with Crippen molar-refractivity contribution in [3.8, 4) is 0 Å². The van der Waals surface area contributed by atoms with Gasteiger partial charge < -0.3 is 53.6 Å². The number of ether oxygens (including phenoxy) is 7. The molecule has 5 rings (SSSR count). The third kappa shape index (κ3) is 9.18. The summed E-state index contributed by atoms with van der Waals surface area (Å²) >= 11 is 0. The van der Waals surface area contributed by atoms with Crippen LogP contribution in [0.5, 0.6) is 0 Å². The summed E-state index contributed by atoms with van der Waals surface area (Å²) in [6.07, 6.45) is -7.70. The average Bonchev–Trinajstić information content (AvgIpc) is 3.47. The zero-order valence-electron chi connectivity index (χ0n) is 35.7. The van der Waals surface area contributed by atoms with Gasteiger partial charge in [0.2, 0.25) is 0 Å². The highest BCUT2D eigenvalue weighted by molar-refractivity contribution is 5.73. The number of aliphatic hydroxyl groups is 4. The fourth-order valence-electron chi connectivity index (χ4n) is 10.1. The number of rotatable bonds is 11. The van der Waals surface area contributed by atoms with Crippen LogP contribution in [0.25, 0.3) is 0 Å². The molecule has 1 aromatic carbocycles. The Bertz CT molecular complexity index is 1430. The van der Waals surface area contributed by atoms with Crippen molar-refractivity contribution in [3.05, 3.63) is 35.9 Å². The summed E-state index contributed by atoms with van der Waals surface area (Å²) in [6.45, 7) is 19.0. The topological polar surface area (TPSA) is 166 Å². The van der Waals surface area contributed by atoms with E-state index in [1.165, 1.54) is 14.0 Å². The number of hydrogen-bond donors (Lipinski definition) is 4. The maximum atomic E-state index is 14.4. The van der Waals surface area contributed by atoms with Crippen LogP contribution in [0.15, 0.2) is 30.3 Å². The minimum atomic E-state index is -1.80. The van der Waals surface area contributed by atoms with E-state index in [0.717, 1.165) is 5.56 Å². The van der Waals surface area contributed by atoms with Gasteiger partial charge in [-0.3, -0.25) is 9.69 Å². The zero-order chi connectivity index (χ0) is 41.5. The van der Waals surface area contributed by atoms with Gasteiger partial charge in [0, 0.05) is 38.0 Å². The van der Waals surface area contributed by atoms with Crippen LogP contribution in [0.1, 0.15) is 100 Å². The molecule has 4 fully saturated rings. The zero-order valence-corrected chi connectivity index (χ0v) is 35.7. The average molecular weight is 794 g/mol. The molecule has 0 spiro atoms. The summed E-state index contributed by atoms with van der Waals surface area (Å²) in [5.41, 5.74) is -2.65. The Morgan fingerprint density at radius 3 is 2.29 bits per heavy atom. The van der Waals surface area contributed by atoms with E-state index in [2.05, 4.69) is 24.0 Å². The Balaban J connectivity index is 1.55. The summed E-state index contributed by atoms with van der Waals surface area (Å²) in [6, 6.07) is 9.82. The predicted molar refractivity (Wildman–Crippen MR) is 208 cm³/mol. The smallest absolute Gasteiger partial charge is 0.311 e. The highest BCUT2D eigenvalue weighted by Gasteiger charge is 2.59. The molecular formula is C43H71NO12. The van der Waals surface area contributed by atoms with Crippen LogP contribution >= 0.6 is 0 Å². The molecule has 13 nitrogen and oxygen atoms in total. The van der Waals surface area contributed by atoms with Crippen molar-refractivity contribution >= 4 is 5.97 Å². The Morgan fingerprint density at radius 1 is 1.00 bits per heavy atom. The minimum absolute atomic E-state index is 0.0763. The second-order valence-electron chi connectivity index (χ2n) is 18.2. The van der Waals surface area contributed by atoms with Crippen molar-refractivity contribution in [2.75, 3.05) is 14.2 Å². The molecule has 4 heterocycles. The quantitative estimate of drug-likeness (QED) is 0.236. The van der Waals surface area contributed by atoms with Crippen LogP contribution < -0.4 is 0 Å². The number of likely N-dealkylation sites (N-methyl/N-ethyl adjacent to an activating group) is 1. The molecule has 320 valence electrons. The molecule has 0 amide bonds. The third-order valence-electron chi connectivity index (χ3n) is 13.6. The number of nitrogens with zero attached hydrogens (tertiary/aromatic N) is 1. The van der Waals surface area contributed by atoms with Crippen LogP contribution in [0.3, 0.4) is 0 Å². The standard InChI is InChI=1S/C43H71NO12/c1-13-31(45)43(10,49)38-25(4)34-23(2)20-42(9,56-34)37(55-40-33(46)30(19-24(3)51-40)44(11)22-29-17-15-14-16-18-29)26(5)35(27(6)39(48)54-38)53-32-21-41(8,50-12)36(47)28(7)52-32/h14-18,23-28,30-38,40,45-47,49H,13,19-22H2,1-12H3/t23-,24+,25+,26+,27-,28-,30-,31-,32-,33+,34+,35+,36-,37-,38-,40-,41+,42-,43-/m1/s1. The number of methoxy groups -OCH3 is 1. The number of esters is 1. The molecule has 0 saturated carbocycles. The lowest BCUT2D eigenvalue weighted by molar-refractivity contribution is -0.318. The van der Waals surface area contributed by atoms with Gasteiger partial charge in [-0.05, 0) is 79.3 Å². The first-order valence-electron chi connectivity index (χ1n) is 20.7. The monoisotopic (exact) mass is 793 g/mol. The van der Waals surface area contributed by atoms with Crippen LogP contribution in [-0.2, 0) is 44.5 Å². The Hall–Kier alpha value is -1.75. The first-order valence-corrected chi connectivity index (χ1v) is 20.7. The lowest BCUT2D eigenvalue weighted by atomic mass is 9.76. The second kappa shape index (κ2) is 17.8. The van der Waals surface area contributed by atoms with Gasteiger partial charge in [0.1, 0.15) is 23.9 Å². The van der Waals surface area contributed by atoms with Crippen molar-refractivity contribution in [1.82, 2.24) is 4.90 Å². The van der Waals surface area contributed by atoms with E-state index in [4.69, 9.17) is 33.2 Å². The fourth-order valence-corrected chi connectivity index (χ4v) is 10.1. The van der Waals surface area contributed by atoms with Crippen LogP contribution in [0, 0.1) is 23.7 Å². The Morgan fingerprint density at radius 2 is 1.66 bits per heavy atom. The van der Waals surface area contributed by atoms with Gasteiger partial charge in [-0.1, -0.05) is 58.0 Å². The number of hydrogen-bond acceptors (Lipinski definition) is 13. The van der Waals surface area contributed by atoms with Gasteiger partial charge in [-0.25, -0.2) is 0 Å². The largest absolute Gasteiger partial charge is 0.459 e. The molecule has 1 aromatic rings. The fraction of sp³-hybridized carbons (Fsp3) is 0.837. The van der Waals surface area contributed by atoms with Gasteiger partial charge in [-0.15, -0.1) is 0 Å². The summed E-state index contributed by atoms with van der Waals surface area (Å²) in [5.74, 6) is -2.76. The molecule has 0 aromatic heterocycles. The van der Waals surface area contributed by atoms with Gasteiger partial charge in [0.15, 0.2) is 12.6 Å². The summed E-state index contributed by atoms with van der Waals surface area (Å²) in [7, 11) is 3.53. The molecule has 4 N–H and O–H groups in total. The van der Waals surface area contributed by atoms with Gasteiger partial charge in [-0.2, -0.15) is 0 Å². The van der Waals surface area contributed by atoms with Crippen molar-refractivity contribution in [2.45, 2.75) is 192 Å². The van der Waals surface area contributed by atoms with Crippen LogP contribution in [-0.4, -0.2) is 136 Å². The van der Waals surface area contributed by atoms with E-state index in [1.54, 1.807) is 27.7 Å².